The lowest BCUT2D eigenvalue weighted by atomic mass is 10.2. The monoisotopic (exact) mass is 376 g/mol. The van der Waals surface area contributed by atoms with Gasteiger partial charge in [0.25, 0.3) is 0 Å². The molecule has 0 aliphatic rings. The van der Waals surface area contributed by atoms with Crippen molar-refractivity contribution >= 4 is 51.7 Å². The predicted octanol–water partition coefficient (Wildman–Crippen LogP) is 5.53. The van der Waals surface area contributed by atoms with Gasteiger partial charge in [0, 0.05) is 16.8 Å². The molecule has 1 aromatic heterocycles. The van der Waals surface area contributed by atoms with Crippen molar-refractivity contribution in [2.45, 2.75) is 59.9 Å². The number of rotatable bonds is 12. The minimum Gasteiger partial charge on any atom is -0.282 e. The standard InChI is InChI=1S/C15H24N2OS4/c1-4-7-9-12(21-13(18)6-3)11-20-15-17-16-14(22-15)19-10-8-5-2/h6,12H,3-5,7-11H2,1-2H3. The molecule has 0 saturated carbocycles. The zero-order valence-corrected chi connectivity index (χ0v) is 16.5. The summed E-state index contributed by atoms with van der Waals surface area (Å²) in [6.07, 6.45) is 7.19. The lowest BCUT2D eigenvalue weighted by Crippen LogP contribution is -2.09. The van der Waals surface area contributed by atoms with Gasteiger partial charge in [-0.3, -0.25) is 4.79 Å². The maximum absolute atomic E-state index is 11.6. The fourth-order valence-electron chi connectivity index (χ4n) is 1.60. The van der Waals surface area contributed by atoms with E-state index in [4.69, 9.17) is 0 Å². The van der Waals surface area contributed by atoms with Gasteiger partial charge in [-0.05, 0) is 18.9 Å². The van der Waals surface area contributed by atoms with Gasteiger partial charge in [0.1, 0.15) is 0 Å². The van der Waals surface area contributed by atoms with Gasteiger partial charge in [-0.2, -0.15) is 0 Å². The van der Waals surface area contributed by atoms with Crippen molar-refractivity contribution in [2.24, 2.45) is 0 Å². The highest BCUT2D eigenvalue weighted by atomic mass is 32.2. The van der Waals surface area contributed by atoms with Crippen LogP contribution in [0.3, 0.4) is 0 Å². The molecule has 0 aromatic carbocycles. The molecule has 0 fully saturated rings. The summed E-state index contributed by atoms with van der Waals surface area (Å²) in [6.45, 7) is 7.92. The summed E-state index contributed by atoms with van der Waals surface area (Å²) in [6, 6.07) is 0. The van der Waals surface area contributed by atoms with Crippen LogP contribution in [0.2, 0.25) is 0 Å². The summed E-state index contributed by atoms with van der Waals surface area (Å²) < 4.78 is 2.06. The predicted molar refractivity (Wildman–Crippen MR) is 102 cm³/mol. The van der Waals surface area contributed by atoms with Gasteiger partial charge in [-0.25, -0.2) is 0 Å². The van der Waals surface area contributed by atoms with Crippen molar-refractivity contribution in [3.05, 3.63) is 12.7 Å². The molecule has 3 nitrogen and oxygen atoms in total. The largest absolute Gasteiger partial charge is 0.282 e. The van der Waals surface area contributed by atoms with Gasteiger partial charge in [0.05, 0.1) is 0 Å². The summed E-state index contributed by atoms with van der Waals surface area (Å²) in [5.41, 5.74) is 0. The highest BCUT2D eigenvalue weighted by molar-refractivity contribution is 8.15. The summed E-state index contributed by atoms with van der Waals surface area (Å²) >= 11 is 6.57. The van der Waals surface area contributed by atoms with Crippen LogP contribution in [0.1, 0.15) is 46.0 Å². The van der Waals surface area contributed by atoms with E-state index >= 15 is 0 Å². The highest BCUT2D eigenvalue weighted by Gasteiger charge is 2.15. The van der Waals surface area contributed by atoms with Gasteiger partial charge in [-0.1, -0.05) is 86.3 Å². The number of hydrogen-bond donors (Lipinski definition) is 0. The van der Waals surface area contributed by atoms with E-state index in [1.54, 1.807) is 34.9 Å². The zero-order chi connectivity index (χ0) is 16.2. The Labute approximate surface area is 150 Å². The molecular weight excluding hydrogens is 352 g/mol. The molecule has 1 aromatic rings. The van der Waals surface area contributed by atoms with Crippen LogP contribution in [0.25, 0.3) is 0 Å². The van der Waals surface area contributed by atoms with E-state index in [-0.39, 0.29) is 5.12 Å². The Bertz CT molecular complexity index is 451. The van der Waals surface area contributed by atoms with Crippen molar-refractivity contribution < 1.29 is 4.79 Å². The van der Waals surface area contributed by atoms with Crippen molar-refractivity contribution in [1.29, 1.82) is 0 Å². The Morgan fingerprint density at radius 1 is 1.23 bits per heavy atom. The minimum absolute atomic E-state index is 0.0646. The molecule has 0 N–H and O–H groups in total. The fraction of sp³-hybridized carbons (Fsp3) is 0.667. The first-order valence-corrected chi connectivity index (χ1v) is 11.3. The number of thioether (sulfide) groups is 3. The normalized spacial score (nSPS) is 12.3. The van der Waals surface area contributed by atoms with Crippen LogP contribution < -0.4 is 0 Å². The molecule has 0 saturated heterocycles. The number of hydrogen-bond acceptors (Lipinski definition) is 7. The summed E-state index contributed by atoms with van der Waals surface area (Å²) in [5.74, 6) is 2.01. The highest BCUT2D eigenvalue weighted by Crippen LogP contribution is 2.32. The third-order valence-corrected chi connectivity index (χ3v) is 7.62. The minimum atomic E-state index is 0.0646. The van der Waals surface area contributed by atoms with Crippen LogP contribution in [0.5, 0.6) is 0 Å². The summed E-state index contributed by atoms with van der Waals surface area (Å²) in [4.78, 5) is 11.6. The van der Waals surface area contributed by atoms with Crippen LogP contribution >= 0.6 is 46.6 Å². The van der Waals surface area contributed by atoms with E-state index in [9.17, 15) is 4.79 Å². The van der Waals surface area contributed by atoms with Crippen molar-refractivity contribution in [1.82, 2.24) is 10.2 Å². The molecule has 0 amide bonds. The molecule has 0 aliphatic carbocycles. The zero-order valence-electron chi connectivity index (χ0n) is 13.2. The molecular formula is C15H24N2OS4. The van der Waals surface area contributed by atoms with E-state index < -0.39 is 0 Å². The molecule has 124 valence electrons. The lowest BCUT2D eigenvalue weighted by molar-refractivity contribution is -0.107. The number of carbonyl (C=O) groups is 1. The first kappa shape index (κ1) is 20.1. The second-order valence-corrected chi connectivity index (χ2v) is 9.64. The van der Waals surface area contributed by atoms with Crippen LogP contribution in [0.4, 0.5) is 0 Å². The first-order chi connectivity index (χ1) is 10.7. The van der Waals surface area contributed by atoms with Crippen molar-refractivity contribution in [3.63, 3.8) is 0 Å². The number of nitrogens with zero attached hydrogens (tertiary/aromatic N) is 2. The smallest absolute Gasteiger partial charge is 0.211 e. The molecule has 1 unspecified atom stereocenters. The maximum atomic E-state index is 11.6. The van der Waals surface area contributed by atoms with E-state index in [0.717, 1.165) is 39.4 Å². The molecule has 7 heteroatoms. The Morgan fingerprint density at radius 2 is 1.91 bits per heavy atom. The Kier molecular flexibility index (Phi) is 11.3. The SMILES string of the molecule is C=CC(=O)SC(CCCC)CSc1nnc(SCCCC)s1. The van der Waals surface area contributed by atoms with Crippen molar-refractivity contribution in [3.8, 4) is 0 Å². The van der Waals surface area contributed by atoms with Gasteiger partial charge in [0.15, 0.2) is 8.68 Å². The second-order valence-electron chi connectivity index (χ2n) is 4.75. The quantitative estimate of drug-likeness (QED) is 0.271. The Balaban J connectivity index is 2.42. The van der Waals surface area contributed by atoms with Crippen molar-refractivity contribution in [2.75, 3.05) is 11.5 Å². The summed E-state index contributed by atoms with van der Waals surface area (Å²) in [7, 11) is 0. The molecule has 22 heavy (non-hydrogen) atoms. The first-order valence-electron chi connectivity index (χ1n) is 7.61. The van der Waals surface area contributed by atoms with Gasteiger partial charge in [0.2, 0.25) is 5.12 Å². The molecule has 0 radical (unpaired) electrons. The van der Waals surface area contributed by atoms with Gasteiger partial charge >= 0.3 is 0 Å². The van der Waals surface area contributed by atoms with Crippen LogP contribution in [0.15, 0.2) is 21.3 Å². The molecule has 1 heterocycles. The third-order valence-electron chi connectivity index (χ3n) is 2.83. The molecule has 1 atom stereocenters. The number of unbranched alkanes of at least 4 members (excludes halogenated alkanes) is 2. The second kappa shape index (κ2) is 12.4. The topological polar surface area (TPSA) is 42.9 Å². The average molecular weight is 377 g/mol. The fourth-order valence-corrected chi connectivity index (χ4v) is 5.96. The lowest BCUT2D eigenvalue weighted by Gasteiger charge is -2.12. The van der Waals surface area contributed by atoms with E-state index in [0.29, 0.717) is 5.25 Å². The molecule has 0 spiro atoms. The van der Waals surface area contributed by atoms with Gasteiger partial charge in [-0.15, -0.1) is 10.2 Å². The van der Waals surface area contributed by atoms with E-state index in [2.05, 4.69) is 30.6 Å². The average Bonchev–Trinajstić information content (AvgIpc) is 2.98. The number of aromatic nitrogens is 2. The number of carbonyl (C=O) groups excluding carboxylic acids is 1. The van der Waals surface area contributed by atoms with Gasteiger partial charge < -0.3 is 0 Å². The Hall–Kier alpha value is 0.0200. The van der Waals surface area contributed by atoms with E-state index in [1.165, 1.54) is 30.7 Å². The third kappa shape index (κ3) is 8.60. The molecule has 0 bridgehead atoms. The molecule has 0 aliphatic heterocycles. The Morgan fingerprint density at radius 3 is 2.55 bits per heavy atom. The van der Waals surface area contributed by atoms with Crippen LogP contribution in [-0.4, -0.2) is 32.1 Å². The molecule has 1 rings (SSSR count). The maximum Gasteiger partial charge on any atom is 0.211 e. The van der Waals surface area contributed by atoms with Crippen LogP contribution in [0, 0.1) is 0 Å². The summed E-state index contributed by atoms with van der Waals surface area (Å²) in [5, 5.41) is 8.86. The van der Waals surface area contributed by atoms with E-state index in [1.807, 2.05) is 0 Å². The van der Waals surface area contributed by atoms with Crippen LogP contribution in [-0.2, 0) is 4.79 Å².